The van der Waals surface area contributed by atoms with Gasteiger partial charge in [-0.25, -0.2) is 0 Å². The number of para-hydroxylation sites is 1. The van der Waals surface area contributed by atoms with Crippen LogP contribution in [0.5, 0.6) is 0 Å². The van der Waals surface area contributed by atoms with Crippen LogP contribution >= 0.6 is 0 Å². The molecule has 0 heterocycles. The summed E-state index contributed by atoms with van der Waals surface area (Å²) in [6.45, 7) is 2.28. The minimum absolute atomic E-state index is 0.0296. The normalized spacial score (nSPS) is 10.2. The van der Waals surface area contributed by atoms with Crippen LogP contribution in [-0.4, -0.2) is 17.6 Å². The molecule has 0 radical (unpaired) electrons. The molecule has 1 aromatic carbocycles. The predicted octanol–water partition coefficient (Wildman–Crippen LogP) is 2.74. The zero-order valence-electron chi connectivity index (χ0n) is 10.4. The highest BCUT2D eigenvalue weighted by molar-refractivity contribution is 5.91. The first kappa shape index (κ1) is 13.7. The summed E-state index contributed by atoms with van der Waals surface area (Å²) in [5.41, 5.74) is 2.11. The summed E-state index contributed by atoms with van der Waals surface area (Å²) in [4.78, 5) is 11.7. The van der Waals surface area contributed by atoms with Gasteiger partial charge < -0.3 is 10.4 Å². The standard InChI is InChI=1S/C14H21NO2/c1-2-7-12-8-3-4-9-13(12)15-14(17)10-5-6-11-16/h3-4,8-9,16H,2,5-7,10-11H2,1H3,(H,15,17). The van der Waals surface area contributed by atoms with E-state index in [2.05, 4.69) is 12.2 Å². The van der Waals surface area contributed by atoms with Crippen molar-refractivity contribution >= 4 is 11.6 Å². The van der Waals surface area contributed by atoms with Gasteiger partial charge in [-0.15, -0.1) is 0 Å². The topological polar surface area (TPSA) is 49.3 Å². The number of aliphatic hydroxyl groups excluding tert-OH is 1. The molecule has 0 aliphatic carbocycles. The summed E-state index contributed by atoms with van der Waals surface area (Å²) in [5.74, 6) is 0.0296. The Morgan fingerprint density at radius 1 is 1.29 bits per heavy atom. The molecular weight excluding hydrogens is 214 g/mol. The van der Waals surface area contributed by atoms with Gasteiger partial charge in [-0.05, 0) is 30.9 Å². The summed E-state index contributed by atoms with van der Waals surface area (Å²) in [5, 5.41) is 11.6. The lowest BCUT2D eigenvalue weighted by molar-refractivity contribution is -0.116. The Hall–Kier alpha value is -1.35. The molecule has 94 valence electrons. The van der Waals surface area contributed by atoms with E-state index in [1.807, 2.05) is 24.3 Å². The van der Waals surface area contributed by atoms with Gasteiger partial charge in [-0.1, -0.05) is 31.5 Å². The quantitative estimate of drug-likeness (QED) is 0.714. The van der Waals surface area contributed by atoms with Crippen LogP contribution in [0.3, 0.4) is 0 Å². The van der Waals surface area contributed by atoms with Gasteiger partial charge in [0.05, 0.1) is 0 Å². The number of carbonyl (C=O) groups is 1. The highest BCUT2D eigenvalue weighted by Crippen LogP contribution is 2.17. The Labute approximate surface area is 103 Å². The zero-order chi connectivity index (χ0) is 12.5. The van der Waals surface area contributed by atoms with E-state index in [-0.39, 0.29) is 12.5 Å². The number of carbonyl (C=O) groups excluding carboxylic acids is 1. The van der Waals surface area contributed by atoms with E-state index in [0.717, 1.165) is 24.9 Å². The maximum atomic E-state index is 11.7. The third-order valence-electron chi connectivity index (χ3n) is 2.62. The number of aliphatic hydroxyl groups is 1. The fourth-order valence-electron chi connectivity index (χ4n) is 1.74. The van der Waals surface area contributed by atoms with Gasteiger partial charge in [0.2, 0.25) is 5.91 Å². The van der Waals surface area contributed by atoms with Crippen molar-refractivity contribution in [2.75, 3.05) is 11.9 Å². The second-order valence-corrected chi connectivity index (χ2v) is 4.14. The van der Waals surface area contributed by atoms with E-state index in [1.165, 1.54) is 5.56 Å². The molecule has 0 aliphatic rings. The van der Waals surface area contributed by atoms with Gasteiger partial charge in [-0.3, -0.25) is 4.79 Å². The van der Waals surface area contributed by atoms with E-state index < -0.39 is 0 Å². The molecule has 0 aromatic heterocycles. The monoisotopic (exact) mass is 235 g/mol. The molecular formula is C14H21NO2. The Bertz CT molecular complexity index is 350. The highest BCUT2D eigenvalue weighted by atomic mass is 16.2. The van der Waals surface area contributed by atoms with Crippen LogP contribution in [0.15, 0.2) is 24.3 Å². The number of hydrogen-bond acceptors (Lipinski definition) is 2. The molecule has 1 rings (SSSR count). The number of rotatable bonds is 7. The van der Waals surface area contributed by atoms with Crippen molar-refractivity contribution in [3.63, 3.8) is 0 Å². The first-order valence-electron chi connectivity index (χ1n) is 6.26. The first-order chi connectivity index (χ1) is 8.27. The second-order valence-electron chi connectivity index (χ2n) is 4.14. The SMILES string of the molecule is CCCc1ccccc1NC(=O)CCCCO. The zero-order valence-corrected chi connectivity index (χ0v) is 10.4. The van der Waals surface area contributed by atoms with Crippen LogP contribution in [0, 0.1) is 0 Å². The minimum Gasteiger partial charge on any atom is -0.396 e. The number of aryl methyl sites for hydroxylation is 1. The van der Waals surface area contributed by atoms with E-state index in [1.54, 1.807) is 0 Å². The average molecular weight is 235 g/mol. The molecule has 0 bridgehead atoms. The largest absolute Gasteiger partial charge is 0.396 e. The number of anilines is 1. The number of nitrogens with one attached hydrogen (secondary N) is 1. The molecule has 2 N–H and O–H groups in total. The molecule has 0 spiro atoms. The lowest BCUT2D eigenvalue weighted by Crippen LogP contribution is -2.12. The maximum absolute atomic E-state index is 11.7. The molecule has 0 saturated carbocycles. The van der Waals surface area contributed by atoms with Gasteiger partial charge in [0.25, 0.3) is 0 Å². The average Bonchev–Trinajstić information content (AvgIpc) is 2.32. The Balaban J connectivity index is 2.52. The van der Waals surface area contributed by atoms with Crippen molar-refractivity contribution in [3.05, 3.63) is 29.8 Å². The van der Waals surface area contributed by atoms with Crippen molar-refractivity contribution in [2.45, 2.75) is 39.0 Å². The molecule has 0 aliphatic heterocycles. The third-order valence-corrected chi connectivity index (χ3v) is 2.62. The van der Waals surface area contributed by atoms with E-state index in [0.29, 0.717) is 12.8 Å². The number of unbranched alkanes of at least 4 members (excludes halogenated alkanes) is 1. The highest BCUT2D eigenvalue weighted by Gasteiger charge is 2.05. The van der Waals surface area contributed by atoms with Crippen LogP contribution in [0.4, 0.5) is 5.69 Å². The fourth-order valence-corrected chi connectivity index (χ4v) is 1.74. The second kappa shape index (κ2) is 7.85. The molecule has 0 saturated heterocycles. The summed E-state index contributed by atoms with van der Waals surface area (Å²) < 4.78 is 0. The molecule has 0 fully saturated rings. The van der Waals surface area contributed by atoms with E-state index in [4.69, 9.17) is 5.11 Å². The first-order valence-corrected chi connectivity index (χ1v) is 6.26. The van der Waals surface area contributed by atoms with E-state index >= 15 is 0 Å². The summed E-state index contributed by atoms with van der Waals surface area (Å²) in [6.07, 6.45) is 3.94. The van der Waals surface area contributed by atoms with Crippen molar-refractivity contribution in [3.8, 4) is 0 Å². The van der Waals surface area contributed by atoms with Gasteiger partial charge in [-0.2, -0.15) is 0 Å². The molecule has 17 heavy (non-hydrogen) atoms. The Morgan fingerprint density at radius 2 is 2.06 bits per heavy atom. The van der Waals surface area contributed by atoms with Crippen molar-refractivity contribution in [1.82, 2.24) is 0 Å². The molecule has 1 aromatic rings. The lowest BCUT2D eigenvalue weighted by Gasteiger charge is -2.10. The number of hydrogen-bond donors (Lipinski definition) is 2. The fraction of sp³-hybridized carbons (Fsp3) is 0.500. The molecule has 3 nitrogen and oxygen atoms in total. The van der Waals surface area contributed by atoms with Crippen LogP contribution in [0.2, 0.25) is 0 Å². The minimum atomic E-state index is 0.0296. The molecule has 3 heteroatoms. The Morgan fingerprint density at radius 3 is 2.76 bits per heavy atom. The predicted molar refractivity (Wildman–Crippen MR) is 70.0 cm³/mol. The van der Waals surface area contributed by atoms with Crippen LogP contribution < -0.4 is 5.32 Å². The maximum Gasteiger partial charge on any atom is 0.224 e. The van der Waals surface area contributed by atoms with Crippen molar-refractivity contribution in [2.24, 2.45) is 0 Å². The third kappa shape index (κ3) is 5.00. The number of amides is 1. The van der Waals surface area contributed by atoms with Gasteiger partial charge in [0, 0.05) is 18.7 Å². The molecule has 0 atom stereocenters. The molecule has 1 amide bonds. The van der Waals surface area contributed by atoms with Gasteiger partial charge in [0.1, 0.15) is 0 Å². The van der Waals surface area contributed by atoms with Crippen LogP contribution in [-0.2, 0) is 11.2 Å². The van der Waals surface area contributed by atoms with Gasteiger partial charge in [0.15, 0.2) is 0 Å². The van der Waals surface area contributed by atoms with Crippen LogP contribution in [0.25, 0.3) is 0 Å². The smallest absolute Gasteiger partial charge is 0.224 e. The number of benzene rings is 1. The summed E-state index contributed by atoms with van der Waals surface area (Å²) in [6, 6.07) is 7.91. The summed E-state index contributed by atoms with van der Waals surface area (Å²) >= 11 is 0. The summed E-state index contributed by atoms with van der Waals surface area (Å²) in [7, 11) is 0. The molecule has 0 unspecified atom stereocenters. The van der Waals surface area contributed by atoms with Crippen molar-refractivity contribution in [1.29, 1.82) is 0 Å². The lowest BCUT2D eigenvalue weighted by atomic mass is 10.1. The van der Waals surface area contributed by atoms with Crippen molar-refractivity contribution < 1.29 is 9.90 Å². The van der Waals surface area contributed by atoms with Gasteiger partial charge >= 0.3 is 0 Å². The van der Waals surface area contributed by atoms with E-state index in [9.17, 15) is 4.79 Å². The van der Waals surface area contributed by atoms with Crippen LogP contribution in [0.1, 0.15) is 38.2 Å². The Kier molecular flexibility index (Phi) is 6.33.